The van der Waals surface area contributed by atoms with Crippen molar-refractivity contribution in [3.8, 4) is 10.7 Å². The van der Waals surface area contributed by atoms with Gasteiger partial charge in [0, 0.05) is 16.5 Å². The minimum Gasteiger partial charge on any atom is -0.296 e. The highest BCUT2D eigenvalue weighted by Crippen LogP contribution is 2.29. The number of aryl methyl sites for hydroxylation is 1. The monoisotopic (exact) mass is 249 g/mol. The first-order valence-corrected chi connectivity index (χ1v) is 6.38. The zero-order valence-corrected chi connectivity index (χ0v) is 10.0. The average molecular weight is 249 g/mol. The summed E-state index contributed by atoms with van der Waals surface area (Å²) in [6, 6.07) is 0. The molecule has 0 N–H and O–H groups in total. The number of fused-ring (bicyclic) bond motifs is 1. The number of thiazole rings is 2. The quantitative estimate of drug-likeness (QED) is 0.656. The Hall–Kier alpha value is -1.53. The Kier molecular flexibility index (Phi) is 2.12. The molecule has 0 amide bonds. The Bertz CT molecular complexity index is 665. The molecule has 80 valence electrons. The van der Waals surface area contributed by atoms with E-state index in [0.717, 1.165) is 27.6 Å². The molecule has 0 aliphatic carbocycles. The smallest absolute Gasteiger partial charge is 0.194 e. The summed E-state index contributed by atoms with van der Waals surface area (Å²) in [6.07, 6.45) is 2.40. The molecular formula is C10H7N3OS2. The van der Waals surface area contributed by atoms with Gasteiger partial charge in [-0.15, -0.1) is 22.7 Å². The van der Waals surface area contributed by atoms with Gasteiger partial charge < -0.3 is 0 Å². The standard InChI is InChI=1S/C10H7N3OS2/c1-6-4-15-9(12-6)8-5-16-10-11-2-7(3-14)13(8)10/h2-5H,1H3. The molecule has 3 rings (SSSR count). The van der Waals surface area contributed by atoms with E-state index in [4.69, 9.17) is 0 Å². The number of nitrogens with zero attached hydrogens (tertiary/aromatic N) is 3. The van der Waals surface area contributed by atoms with E-state index >= 15 is 0 Å². The van der Waals surface area contributed by atoms with Gasteiger partial charge in [0.25, 0.3) is 0 Å². The van der Waals surface area contributed by atoms with Crippen molar-refractivity contribution in [3.63, 3.8) is 0 Å². The van der Waals surface area contributed by atoms with Gasteiger partial charge >= 0.3 is 0 Å². The maximum Gasteiger partial charge on any atom is 0.194 e. The van der Waals surface area contributed by atoms with Crippen molar-refractivity contribution in [1.82, 2.24) is 14.4 Å². The minimum absolute atomic E-state index is 0.569. The molecule has 0 aliphatic heterocycles. The van der Waals surface area contributed by atoms with Crippen LogP contribution in [0.4, 0.5) is 0 Å². The van der Waals surface area contributed by atoms with E-state index in [1.54, 1.807) is 17.5 Å². The number of carbonyl (C=O) groups excluding carboxylic acids is 1. The van der Waals surface area contributed by atoms with Crippen LogP contribution < -0.4 is 0 Å². The van der Waals surface area contributed by atoms with Crippen LogP contribution in [0.5, 0.6) is 0 Å². The molecule has 0 saturated carbocycles. The highest BCUT2D eigenvalue weighted by Gasteiger charge is 2.13. The first kappa shape index (κ1) is 9.68. The molecule has 0 aliphatic rings. The number of hydrogen-bond donors (Lipinski definition) is 0. The lowest BCUT2D eigenvalue weighted by Gasteiger charge is -1.94. The normalized spacial score (nSPS) is 11.1. The molecule has 4 nitrogen and oxygen atoms in total. The summed E-state index contributed by atoms with van der Waals surface area (Å²) >= 11 is 3.09. The molecule has 0 fully saturated rings. The van der Waals surface area contributed by atoms with E-state index < -0.39 is 0 Å². The van der Waals surface area contributed by atoms with Crippen LogP contribution in [-0.2, 0) is 0 Å². The fourth-order valence-electron chi connectivity index (χ4n) is 1.53. The van der Waals surface area contributed by atoms with Crippen LogP contribution in [0.25, 0.3) is 15.7 Å². The van der Waals surface area contributed by atoms with Gasteiger partial charge in [-0.25, -0.2) is 9.97 Å². The zero-order chi connectivity index (χ0) is 11.1. The van der Waals surface area contributed by atoms with Crippen LogP contribution in [0.3, 0.4) is 0 Å². The topological polar surface area (TPSA) is 47.3 Å². The van der Waals surface area contributed by atoms with Gasteiger partial charge in [0.15, 0.2) is 11.2 Å². The molecule has 0 unspecified atom stereocenters. The predicted octanol–water partition coefficient (Wildman–Crippen LogP) is 2.64. The van der Waals surface area contributed by atoms with Crippen molar-refractivity contribution in [1.29, 1.82) is 0 Å². The number of aldehydes is 1. The summed E-state index contributed by atoms with van der Waals surface area (Å²) in [7, 11) is 0. The Balaban J connectivity index is 2.30. The Morgan fingerprint density at radius 3 is 2.94 bits per heavy atom. The van der Waals surface area contributed by atoms with Gasteiger partial charge in [0.05, 0.1) is 11.9 Å². The molecule has 3 aromatic rings. The molecule has 0 spiro atoms. The van der Waals surface area contributed by atoms with Gasteiger partial charge in [-0.2, -0.15) is 0 Å². The second-order valence-electron chi connectivity index (χ2n) is 3.33. The molecule has 0 radical (unpaired) electrons. The fraction of sp³-hybridized carbons (Fsp3) is 0.100. The third kappa shape index (κ3) is 1.30. The predicted molar refractivity (Wildman–Crippen MR) is 64.3 cm³/mol. The van der Waals surface area contributed by atoms with E-state index in [9.17, 15) is 4.79 Å². The van der Waals surface area contributed by atoms with Crippen LogP contribution in [0.15, 0.2) is 17.0 Å². The van der Waals surface area contributed by atoms with Gasteiger partial charge in [-0.3, -0.25) is 9.20 Å². The lowest BCUT2D eigenvalue weighted by molar-refractivity contribution is 0.111. The van der Waals surface area contributed by atoms with Crippen molar-refractivity contribution in [2.75, 3.05) is 0 Å². The van der Waals surface area contributed by atoms with Crippen LogP contribution in [0, 0.1) is 6.92 Å². The number of imidazole rings is 1. The van der Waals surface area contributed by atoms with Crippen molar-refractivity contribution in [2.24, 2.45) is 0 Å². The molecule has 16 heavy (non-hydrogen) atoms. The van der Waals surface area contributed by atoms with Gasteiger partial charge in [0.2, 0.25) is 0 Å². The van der Waals surface area contributed by atoms with E-state index in [-0.39, 0.29) is 0 Å². The maximum absolute atomic E-state index is 10.9. The number of aromatic nitrogens is 3. The summed E-state index contributed by atoms with van der Waals surface area (Å²) in [5, 5.41) is 4.90. The first-order valence-electron chi connectivity index (χ1n) is 4.62. The van der Waals surface area contributed by atoms with E-state index in [0.29, 0.717) is 5.69 Å². The van der Waals surface area contributed by atoms with E-state index in [1.807, 2.05) is 22.1 Å². The molecular weight excluding hydrogens is 242 g/mol. The highest BCUT2D eigenvalue weighted by atomic mass is 32.1. The third-order valence-corrected chi connectivity index (χ3v) is 4.06. The van der Waals surface area contributed by atoms with E-state index in [2.05, 4.69) is 9.97 Å². The van der Waals surface area contributed by atoms with Gasteiger partial charge in [0.1, 0.15) is 10.7 Å². The largest absolute Gasteiger partial charge is 0.296 e. The van der Waals surface area contributed by atoms with Gasteiger partial charge in [-0.1, -0.05) is 0 Å². The van der Waals surface area contributed by atoms with Crippen LogP contribution in [0.2, 0.25) is 0 Å². The molecule has 3 heterocycles. The van der Waals surface area contributed by atoms with E-state index in [1.165, 1.54) is 11.3 Å². The Labute approximate surface area is 99.2 Å². The average Bonchev–Trinajstić information content (AvgIpc) is 2.92. The molecule has 0 bridgehead atoms. The second kappa shape index (κ2) is 3.50. The van der Waals surface area contributed by atoms with Crippen LogP contribution in [0.1, 0.15) is 16.2 Å². The SMILES string of the molecule is Cc1csc(-c2csc3ncc(C=O)n23)n1. The number of hydrogen-bond acceptors (Lipinski definition) is 5. The summed E-state index contributed by atoms with van der Waals surface area (Å²) in [5.41, 5.74) is 2.50. The Morgan fingerprint density at radius 2 is 2.25 bits per heavy atom. The van der Waals surface area contributed by atoms with Crippen molar-refractivity contribution >= 4 is 33.9 Å². The van der Waals surface area contributed by atoms with Crippen molar-refractivity contribution < 1.29 is 4.79 Å². The number of rotatable bonds is 2. The lowest BCUT2D eigenvalue weighted by atomic mass is 10.4. The molecule has 6 heteroatoms. The minimum atomic E-state index is 0.569. The molecule has 0 atom stereocenters. The number of carbonyl (C=O) groups is 1. The van der Waals surface area contributed by atoms with Crippen molar-refractivity contribution in [3.05, 3.63) is 28.3 Å². The van der Waals surface area contributed by atoms with Gasteiger partial charge in [-0.05, 0) is 6.92 Å². The Morgan fingerprint density at radius 1 is 1.38 bits per heavy atom. The highest BCUT2D eigenvalue weighted by molar-refractivity contribution is 7.16. The first-order chi connectivity index (χ1) is 7.79. The molecule has 3 aromatic heterocycles. The van der Waals surface area contributed by atoms with Crippen LogP contribution >= 0.6 is 22.7 Å². The summed E-state index contributed by atoms with van der Waals surface area (Å²) in [5.74, 6) is 0. The molecule has 0 aromatic carbocycles. The second-order valence-corrected chi connectivity index (χ2v) is 5.03. The molecule has 0 saturated heterocycles. The summed E-state index contributed by atoms with van der Waals surface area (Å²) < 4.78 is 1.84. The fourth-order valence-corrected chi connectivity index (χ4v) is 3.27. The maximum atomic E-state index is 10.9. The third-order valence-electron chi connectivity index (χ3n) is 2.23. The zero-order valence-electron chi connectivity index (χ0n) is 8.38. The summed E-state index contributed by atoms with van der Waals surface area (Å²) in [6.45, 7) is 1.96. The van der Waals surface area contributed by atoms with Crippen LogP contribution in [-0.4, -0.2) is 20.7 Å². The lowest BCUT2D eigenvalue weighted by Crippen LogP contribution is -1.90. The van der Waals surface area contributed by atoms with Crippen molar-refractivity contribution in [2.45, 2.75) is 6.92 Å². The summed E-state index contributed by atoms with van der Waals surface area (Å²) in [4.78, 5) is 20.3.